The minimum absolute atomic E-state index is 0.0785. The van der Waals surface area contributed by atoms with Crippen molar-refractivity contribution < 1.29 is 9.50 Å². The van der Waals surface area contributed by atoms with Crippen LogP contribution in [0.4, 0.5) is 4.39 Å². The lowest BCUT2D eigenvalue weighted by molar-refractivity contribution is 0.474. The molecule has 1 N–H and O–H groups in total. The van der Waals surface area contributed by atoms with E-state index >= 15 is 0 Å². The maximum Gasteiger partial charge on any atom is 0.124 e. The van der Waals surface area contributed by atoms with Crippen molar-refractivity contribution in [3.63, 3.8) is 0 Å². The number of phenolic OH excluding ortho intramolecular Hbond substituents is 1. The minimum atomic E-state index is -0.254. The van der Waals surface area contributed by atoms with Crippen molar-refractivity contribution >= 4 is 6.21 Å². The van der Waals surface area contributed by atoms with Gasteiger partial charge in [-0.2, -0.15) is 0 Å². The summed E-state index contributed by atoms with van der Waals surface area (Å²) in [4.78, 5) is 4.35. The summed E-state index contributed by atoms with van der Waals surface area (Å²) in [5, 5.41) is 9.59. The van der Waals surface area contributed by atoms with Crippen LogP contribution >= 0.6 is 0 Å². The van der Waals surface area contributed by atoms with E-state index in [9.17, 15) is 9.50 Å². The van der Waals surface area contributed by atoms with Gasteiger partial charge in [-0.05, 0) is 36.8 Å². The van der Waals surface area contributed by atoms with E-state index in [1.807, 2.05) is 13.0 Å². The Balaban J connectivity index is 2.14. The molecular formula is C15H14FNO. The molecule has 2 rings (SSSR count). The van der Waals surface area contributed by atoms with Crippen molar-refractivity contribution in [2.45, 2.75) is 13.0 Å². The van der Waals surface area contributed by atoms with Crippen molar-refractivity contribution in [1.29, 1.82) is 0 Å². The Morgan fingerprint density at radius 3 is 2.44 bits per heavy atom. The van der Waals surface area contributed by atoms with Crippen LogP contribution in [-0.4, -0.2) is 11.3 Å². The number of aromatic hydroxyl groups is 1. The predicted molar refractivity (Wildman–Crippen MR) is 70.5 cm³/mol. The summed E-state index contributed by atoms with van der Waals surface area (Å²) in [6.45, 7) is 1.92. The van der Waals surface area contributed by atoms with E-state index in [4.69, 9.17) is 0 Å². The third-order valence-electron chi connectivity index (χ3n) is 2.73. The molecule has 92 valence electrons. The van der Waals surface area contributed by atoms with E-state index in [0.717, 1.165) is 5.56 Å². The van der Waals surface area contributed by atoms with Gasteiger partial charge in [-0.25, -0.2) is 4.39 Å². The van der Waals surface area contributed by atoms with Crippen LogP contribution in [-0.2, 0) is 0 Å². The monoisotopic (exact) mass is 243 g/mol. The van der Waals surface area contributed by atoms with Crippen LogP contribution in [0.1, 0.15) is 24.1 Å². The zero-order valence-corrected chi connectivity index (χ0v) is 10.0. The Morgan fingerprint density at radius 2 is 1.78 bits per heavy atom. The quantitative estimate of drug-likeness (QED) is 0.819. The number of hydrogen-bond donors (Lipinski definition) is 1. The second-order valence-corrected chi connectivity index (χ2v) is 4.06. The molecule has 18 heavy (non-hydrogen) atoms. The van der Waals surface area contributed by atoms with Gasteiger partial charge < -0.3 is 5.11 Å². The van der Waals surface area contributed by atoms with E-state index in [2.05, 4.69) is 4.99 Å². The first-order chi connectivity index (χ1) is 8.66. The third-order valence-corrected chi connectivity index (χ3v) is 2.73. The van der Waals surface area contributed by atoms with Gasteiger partial charge in [0.2, 0.25) is 0 Å². The molecule has 2 aromatic rings. The maximum atomic E-state index is 12.8. The Labute approximate surface area is 105 Å². The van der Waals surface area contributed by atoms with E-state index in [1.54, 1.807) is 36.5 Å². The van der Waals surface area contributed by atoms with Gasteiger partial charge in [0.1, 0.15) is 11.6 Å². The first kappa shape index (κ1) is 12.3. The fraction of sp³-hybridized carbons (Fsp3) is 0.133. The summed E-state index contributed by atoms with van der Waals surface area (Å²) in [7, 11) is 0. The molecule has 0 aromatic heterocycles. The molecule has 0 spiro atoms. The molecular weight excluding hydrogens is 229 g/mol. The van der Waals surface area contributed by atoms with Crippen LogP contribution in [0.25, 0.3) is 0 Å². The van der Waals surface area contributed by atoms with Gasteiger partial charge in [0.15, 0.2) is 0 Å². The summed E-state index contributed by atoms with van der Waals surface area (Å²) in [5.74, 6) is -0.0526. The van der Waals surface area contributed by atoms with Gasteiger partial charge in [-0.15, -0.1) is 0 Å². The molecule has 0 unspecified atom stereocenters. The average Bonchev–Trinajstić information content (AvgIpc) is 2.38. The minimum Gasteiger partial charge on any atom is -0.507 e. The van der Waals surface area contributed by atoms with Gasteiger partial charge >= 0.3 is 0 Å². The molecule has 3 heteroatoms. The molecule has 0 aliphatic heterocycles. The van der Waals surface area contributed by atoms with Gasteiger partial charge in [-0.3, -0.25) is 4.99 Å². The highest BCUT2D eigenvalue weighted by Crippen LogP contribution is 2.18. The Bertz CT molecular complexity index is 549. The molecule has 0 fully saturated rings. The fourth-order valence-electron chi connectivity index (χ4n) is 1.62. The summed E-state index contributed by atoms with van der Waals surface area (Å²) in [5.41, 5.74) is 1.61. The molecule has 2 aromatic carbocycles. The third kappa shape index (κ3) is 2.94. The number of halogens is 1. The first-order valence-electron chi connectivity index (χ1n) is 5.73. The van der Waals surface area contributed by atoms with Crippen molar-refractivity contribution in [1.82, 2.24) is 0 Å². The first-order valence-corrected chi connectivity index (χ1v) is 5.73. The summed E-state index contributed by atoms with van der Waals surface area (Å²) in [6, 6.07) is 13.2. The van der Waals surface area contributed by atoms with E-state index < -0.39 is 0 Å². The van der Waals surface area contributed by atoms with Gasteiger partial charge in [0.05, 0.1) is 6.04 Å². The van der Waals surface area contributed by atoms with E-state index in [-0.39, 0.29) is 17.6 Å². The number of para-hydroxylation sites is 1. The largest absolute Gasteiger partial charge is 0.507 e. The summed E-state index contributed by atoms with van der Waals surface area (Å²) >= 11 is 0. The molecule has 0 bridgehead atoms. The Morgan fingerprint density at radius 1 is 1.11 bits per heavy atom. The van der Waals surface area contributed by atoms with Gasteiger partial charge in [0, 0.05) is 11.8 Å². The standard InChI is InChI=1S/C15H14FNO/c1-11(12-6-8-14(16)9-7-12)17-10-13-4-2-3-5-15(13)18/h2-11,18H,1H3/t11-/m1/s1. The normalized spacial score (nSPS) is 12.8. The highest BCUT2D eigenvalue weighted by atomic mass is 19.1. The number of hydrogen-bond acceptors (Lipinski definition) is 2. The van der Waals surface area contributed by atoms with Gasteiger partial charge in [-0.1, -0.05) is 24.3 Å². The van der Waals surface area contributed by atoms with Crippen LogP contribution in [0.5, 0.6) is 5.75 Å². The molecule has 0 aliphatic carbocycles. The molecule has 0 radical (unpaired) electrons. The molecule has 0 amide bonds. The van der Waals surface area contributed by atoms with Crippen molar-refractivity contribution in [2.75, 3.05) is 0 Å². The van der Waals surface area contributed by atoms with Crippen molar-refractivity contribution in [2.24, 2.45) is 4.99 Å². The van der Waals surface area contributed by atoms with Crippen molar-refractivity contribution in [3.05, 3.63) is 65.5 Å². The maximum absolute atomic E-state index is 12.8. The number of benzene rings is 2. The lowest BCUT2D eigenvalue weighted by Crippen LogP contribution is -1.91. The van der Waals surface area contributed by atoms with Crippen LogP contribution in [0.2, 0.25) is 0 Å². The molecule has 0 saturated carbocycles. The van der Waals surface area contributed by atoms with Crippen LogP contribution in [0.3, 0.4) is 0 Å². The molecule has 0 saturated heterocycles. The fourth-order valence-corrected chi connectivity index (χ4v) is 1.62. The SMILES string of the molecule is C[C@@H](N=Cc1ccccc1O)c1ccc(F)cc1. The zero-order valence-electron chi connectivity index (χ0n) is 10.0. The predicted octanol–water partition coefficient (Wildman–Crippen LogP) is 3.71. The second kappa shape index (κ2) is 5.45. The number of aliphatic imine (C=N–C) groups is 1. The second-order valence-electron chi connectivity index (χ2n) is 4.06. The van der Waals surface area contributed by atoms with E-state index in [1.165, 1.54) is 12.1 Å². The lowest BCUT2D eigenvalue weighted by Gasteiger charge is -2.06. The molecule has 2 nitrogen and oxygen atoms in total. The van der Waals surface area contributed by atoms with Crippen LogP contribution in [0, 0.1) is 5.82 Å². The Hall–Kier alpha value is -2.16. The summed E-state index contributed by atoms with van der Waals surface area (Å²) < 4.78 is 12.8. The molecule has 0 aliphatic rings. The highest BCUT2D eigenvalue weighted by Gasteiger charge is 2.03. The lowest BCUT2D eigenvalue weighted by atomic mass is 10.1. The molecule has 0 heterocycles. The molecule has 1 atom stereocenters. The summed E-state index contributed by atoms with van der Waals surface area (Å²) in [6.07, 6.45) is 1.63. The van der Waals surface area contributed by atoms with Gasteiger partial charge in [0.25, 0.3) is 0 Å². The Kier molecular flexibility index (Phi) is 3.72. The highest BCUT2D eigenvalue weighted by molar-refractivity contribution is 5.83. The van der Waals surface area contributed by atoms with Crippen LogP contribution < -0.4 is 0 Å². The topological polar surface area (TPSA) is 32.6 Å². The average molecular weight is 243 g/mol. The zero-order chi connectivity index (χ0) is 13.0. The van der Waals surface area contributed by atoms with Crippen molar-refractivity contribution in [3.8, 4) is 5.75 Å². The van der Waals surface area contributed by atoms with E-state index in [0.29, 0.717) is 5.56 Å². The number of rotatable bonds is 3. The van der Waals surface area contributed by atoms with Crippen LogP contribution in [0.15, 0.2) is 53.5 Å². The smallest absolute Gasteiger partial charge is 0.124 e. The number of phenols is 1. The number of nitrogens with zero attached hydrogens (tertiary/aromatic N) is 1.